The molecule has 1 aliphatic heterocycles. The van der Waals surface area contributed by atoms with Crippen LogP contribution in [0.5, 0.6) is 0 Å². The summed E-state index contributed by atoms with van der Waals surface area (Å²) in [6, 6.07) is 2.88. The second kappa shape index (κ2) is 14.1. The van der Waals surface area contributed by atoms with E-state index in [-0.39, 0.29) is 66.4 Å². The first-order valence-corrected chi connectivity index (χ1v) is 12.2. The molecule has 0 spiro atoms. The first-order chi connectivity index (χ1) is 15.9. The molecule has 2 rings (SSSR count). The number of nitrogens with one attached hydrogen (secondary N) is 3. The Morgan fingerprint density at radius 1 is 1.29 bits per heavy atom. The zero-order valence-corrected chi connectivity index (χ0v) is 22.6. The SMILES string of the molecule is CC(C)C[C@H](NC(=O)OCc1ccccc1F)C(=O)N[C@@H](C[C@@H]1CCNC1=O)C(O)S(=O)(=O)[O-].[Na+]. The van der Waals surface area contributed by atoms with E-state index in [0.717, 1.165) is 0 Å². The van der Waals surface area contributed by atoms with Crippen molar-refractivity contribution in [2.45, 2.75) is 57.2 Å². The molecule has 0 bridgehead atoms. The number of carbonyl (C=O) groups is 3. The van der Waals surface area contributed by atoms with E-state index in [1.807, 2.05) is 0 Å². The smallest absolute Gasteiger partial charge is 0.746 e. The fourth-order valence-electron chi connectivity index (χ4n) is 3.55. The maximum atomic E-state index is 13.7. The molecule has 0 aromatic heterocycles. The Morgan fingerprint density at radius 2 is 1.94 bits per heavy atom. The number of alkyl carbamates (subject to hydrolysis) is 1. The van der Waals surface area contributed by atoms with Gasteiger partial charge < -0.3 is 30.3 Å². The van der Waals surface area contributed by atoms with Gasteiger partial charge in [-0.15, -0.1) is 0 Å². The third-order valence-electron chi connectivity index (χ3n) is 5.30. The topological polar surface area (TPSA) is 174 Å². The Morgan fingerprint density at radius 3 is 2.49 bits per heavy atom. The molecule has 35 heavy (non-hydrogen) atoms. The van der Waals surface area contributed by atoms with Crippen LogP contribution in [0.4, 0.5) is 9.18 Å². The van der Waals surface area contributed by atoms with Gasteiger partial charge in [-0.05, 0) is 31.2 Å². The first kappa shape index (κ1) is 31.3. The second-order valence-corrected chi connectivity index (χ2v) is 9.97. The van der Waals surface area contributed by atoms with Crippen molar-refractivity contribution in [2.75, 3.05) is 6.54 Å². The normalized spacial score (nSPS) is 18.1. The van der Waals surface area contributed by atoms with Crippen molar-refractivity contribution in [2.24, 2.45) is 11.8 Å². The summed E-state index contributed by atoms with van der Waals surface area (Å²) < 4.78 is 52.9. The summed E-state index contributed by atoms with van der Waals surface area (Å²) in [5.74, 6) is -2.64. The quantitative estimate of drug-likeness (QED) is 0.179. The van der Waals surface area contributed by atoms with Gasteiger partial charge in [-0.1, -0.05) is 32.0 Å². The molecular formula is C21H29FN3NaO8S. The molecule has 1 aliphatic rings. The second-order valence-electron chi connectivity index (χ2n) is 8.50. The van der Waals surface area contributed by atoms with Crippen LogP contribution < -0.4 is 45.5 Å². The molecule has 1 aromatic rings. The Labute approximate surface area is 225 Å². The summed E-state index contributed by atoms with van der Waals surface area (Å²) in [5.41, 5.74) is -2.36. The molecule has 1 unspecified atom stereocenters. The molecule has 4 atom stereocenters. The molecule has 11 nitrogen and oxygen atoms in total. The largest absolute Gasteiger partial charge is 1.00 e. The third-order valence-corrected chi connectivity index (χ3v) is 6.22. The molecule has 0 saturated carbocycles. The summed E-state index contributed by atoms with van der Waals surface area (Å²) in [6.07, 6.45) is -0.857. The minimum Gasteiger partial charge on any atom is -0.746 e. The summed E-state index contributed by atoms with van der Waals surface area (Å²) >= 11 is 0. The molecule has 0 aliphatic carbocycles. The number of hydrogen-bond acceptors (Lipinski definition) is 8. The van der Waals surface area contributed by atoms with E-state index < -0.39 is 51.4 Å². The Balaban J connectivity index is 0.00000612. The van der Waals surface area contributed by atoms with Crippen molar-refractivity contribution in [1.29, 1.82) is 0 Å². The van der Waals surface area contributed by atoms with Crippen molar-refractivity contribution in [3.8, 4) is 0 Å². The maximum Gasteiger partial charge on any atom is 1.00 e. The number of aliphatic hydroxyl groups excluding tert-OH is 1. The number of benzene rings is 1. The molecule has 3 amide bonds. The van der Waals surface area contributed by atoms with Gasteiger partial charge >= 0.3 is 35.7 Å². The molecule has 1 aromatic carbocycles. The molecule has 14 heteroatoms. The summed E-state index contributed by atoms with van der Waals surface area (Å²) in [4.78, 5) is 37.0. The van der Waals surface area contributed by atoms with E-state index in [0.29, 0.717) is 13.0 Å². The molecule has 1 fully saturated rings. The first-order valence-electron chi connectivity index (χ1n) is 10.8. The van der Waals surface area contributed by atoms with Crippen LogP contribution in [0.3, 0.4) is 0 Å². The molecule has 1 saturated heterocycles. The Hall–Kier alpha value is -1.77. The predicted molar refractivity (Wildman–Crippen MR) is 116 cm³/mol. The van der Waals surface area contributed by atoms with Gasteiger partial charge in [0.15, 0.2) is 5.44 Å². The van der Waals surface area contributed by atoms with Crippen molar-refractivity contribution in [3.05, 3.63) is 35.6 Å². The Kier molecular flexibility index (Phi) is 12.6. The standard InChI is InChI=1S/C21H30FN3O8S.Na/c1-12(2)9-16(25-21(29)33-11-14-5-3-4-6-15(14)22)19(27)24-17(20(28)34(30,31)32)10-13-7-8-23-18(13)26;/h3-6,12-13,16-17,20,28H,7-11H2,1-2H3,(H,23,26)(H,24,27)(H,25,29)(H,30,31,32);/q;+1/p-1/t13-,16-,17-,20?;/m0./s1. The van der Waals surface area contributed by atoms with E-state index in [1.54, 1.807) is 19.9 Å². The van der Waals surface area contributed by atoms with Crippen LogP contribution in [0.1, 0.15) is 38.7 Å². The Bertz CT molecular complexity index is 995. The van der Waals surface area contributed by atoms with Crippen LogP contribution in [-0.2, 0) is 31.1 Å². The predicted octanol–water partition coefficient (Wildman–Crippen LogP) is -2.65. The van der Waals surface area contributed by atoms with Crippen LogP contribution in [0.25, 0.3) is 0 Å². The van der Waals surface area contributed by atoms with E-state index in [9.17, 15) is 36.9 Å². The van der Waals surface area contributed by atoms with Gasteiger partial charge in [-0.3, -0.25) is 9.59 Å². The number of rotatable bonds is 11. The van der Waals surface area contributed by atoms with Crippen molar-refractivity contribution >= 4 is 28.0 Å². The number of hydrogen-bond donors (Lipinski definition) is 4. The van der Waals surface area contributed by atoms with Crippen molar-refractivity contribution < 1.29 is 71.1 Å². The van der Waals surface area contributed by atoms with Crippen LogP contribution in [0.2, 0.25) is 0 Å². The molecular weight excluding hydrogens is 496 g/mol. The van der Waals surface area contributed by atoms with E-state index in [4.69, 9.17) is 4.74 Å². The van der Waals surface area contributed by atoms with E-state index in [1.165, 1.54) is 18.2 Å². The average molecular weight is 526 g/mol. The molecule has 1 heterocycles. The zero-order valence-electron chi connectivity index (χ0n) is 19.8. The minimum absolute atomic E-state index is 0. The van der Waals surface area contributed by atoms with Crippen LogP contribution >= 0.6 is 0 Å². The number of ether oxygens (including phenoxy) is 1. The summed E-state index contributed by atoms with van der Waals surface area (Å²) in [7, 11) is -5.21. The van der Waals surface area contributed by atoms with Gasteiger partial charge in [0, 0.05) is 18.0 Å². The summed E-state index contributed by atoms with van der Waals surface area (Å²) in [5, 5.41) is 17.2. The number of amides is 3. The summed E-state index contributed by atoms with van der Waals surface area (Å²) in [6.45, 7) is 3.49. The van der Waals surface area contributed by atoms with Gasteiger partial charge in [-0.25, -0.2) is 17.6 Å². The monoisotopic (exact) mass is 525 g/mol. The molecule has 4 N–H and O–H groups in total. The van der Waals surface area contributed by atoms with Crippen molar-refractivity contribution in [1.82, 2.24) is 16.0 Å². The molecule has 0 radical (unpaired) electrons. The molecule has 190 valence electrons. The minimum atomic E-state index is -5.21. The zero-order chi connectivity index (χ0) is 25.5. The van der Waals surface area contributed by atoms with Gasteiger partial charge in [0.25, 0.3) is 0 Å². The van der Waals surface area contributed by atoms with Gasteiger partial charge in [0.1, 0.15) is 28.6 Å². The van der Waals surface area contributed by atoms with Gasteiger partial charge in [-0.2, -0.15) is 0 Å². The number of aliphatic hydroxyl groups is 1. The fourth-order valence-corrected chi connectivity index (χ4v) is 4.13. The number of halogens is 1. The van der Waals surface area contributed by atoms with Crippen LogP contribution in [-0.4, -0.2) is 60.0 Å². The van der Waals surface area contributed by atoms with E-state index >= 15 is 0 Å². The van der Waals surface area contributed by atoms with E-state index in [2.05, 4.69) is 16.0 Å². The van der Waals surface area contributed by atoms with Crippen LogP contribution in [0, 0.1) is 17.7 Å². The van der Waals surface area contributed by atoms with Crippen LogP contribution in [0.15, 0.2) is 24.3 Å². The fraction of sp³-hybridized carbons (Fsp3) is 0.571. The van der Waals surface area contributed by atoms with Gasteiger partial charge in [0.05, 0.1) is 6.04 Å². The maximum absolute atomic E-state index is 13.7. The third kappa shape index (κ3) is 10.0. The van der Waals surface area contributed by atoms with Crippen molar-refractivity contribution in [3.63, 3.8) is 0 Å². The number of carbonyl (C=O) groups excluding carboxylic acids is 3. The average Bonchev–Trinajstić information content (AvgIpc) is 3.15. The van der Waals surface area contributed by atoms with Gasteiger partial charge in [0.2, 0.25) is 11.8 Å².